The maximum atomic E-state index is 13.4. The minimum absolute atomic E-state index is 0.145. The van der Waals surface area contributed by atoms with Gasteiger partial charge in [0.25, 0.3) is 5.56 Å². The Morgan fingerprint density at radius 3 is 2.72 bits per heavy atom. The molecule has 1 unspecified atom stereocenters. The van der Waals surface area contributed by atoms with Crippen LogP contribution in [0.4, 0.5) is 0 Å². The van der Waals surface area contributed by atoms with E-state index < -0.39 is 0 Å². The first kappa shape index (κ1) is 19.1. The molecule has 1 N–H and O–H groups in total. The average molecular weight is 413 g/mol. The van der Waals surface area contributed by atoms with Crippen molar-refractivity contribution in [2.24, 2.45) is 0 Å². The van der Waals surface area contributed by atoms with Crippen molar-refractivity contribution in [1.29, 1.82) is 5.26 Å². The first-order valence-electron chi connectivity index (χ1n) is 8.97. The zero-order valence-electron chi connectivity index (χ0n) is 15.9. The molecule has 0 saturated carbocycles. The predicted octanol–water partition coefficient (Wildman–Crippen LogP) is 2.90. The molecule has 0 aliphatic carbocycles. The first-order valence-corrected chi connectivity index (χ1v) is 9.35. The summed E-state index contributed by atoms with van der Waals surface area (Å²) in [5.74, 6) is 0.0785. The highest BCUT2D eigenvalue weighted by molar-refractivity contribution is 6.32. The Bertz CT molecular complexity index is 1340. The van der Waals surface area contributed by atoms with Gasteiger partial charge in [0, 0.05) is 6.04 Å². The Morgan fingerprint density at radius 1 is 1.31 bits per heavy atom. The molecule has 3 aromatic heterocycles. The lowest BCUT2D eigenvalue weighted by Gasteiger charge is -2.17. The maximum absolute atomic E-state index is 13.4. The summed E-state index contributed by atoms with van der Waals surface area (Å²) in [6.07, 6.45) is 1.49. The van der Waals surface area contributed by atoms with Gasteiger partial charge in [-0.15, -0.1) is 0 Å². The highest BCUT2D eigenvalue weighted by atomic mass is 35.5. The van der Waals surface area contributed by atoms with Gasteiger partial charge in [0.05, 0.1) is 34.1 Å². The molecule has 148 valence electrons. The highest BCUT2D eigenvalue weighted by Crippen LogP contribution is 2.29. The van der Waals surface area contributed by atoms with E-state index >= 15 is 0 Å². The molecule has 0 spiro atoms. The Kier molecular flexibility index (Phi) is 4.61. The minimum atomic E-state index is -0.347. The van der Waals surface area contributed by atoms with Crippen LogP contribution in [0.15, 0.2) is 27.8 Å². The van der Waals surface area contributed by atoms with Gasteiger partial charge >= 0.3 is 0 Å². The second-order valence-corrected chi connectivity index (χ2v) is 7.43. The van der Waals surface area contributed by atoms with E-state index in [4.69, 9.17) is 16.1 Å². The second-order valence-electron chi connectivity index (χ2n) is 7.02. The molecule has 0 radical (unpaired) electrons. The summed E-state index contributed by atoms with van der Waals surface area (Å²) >= 11 is 6.22. The van der Waals surface area contributed by atoms with Crippen LogP contribution in [0.25, 0.3) is 28.1 Å². The molecule has 1 atom stereocenters. The molecule has 0 fully saturated rings. The number of aliphatic hydroxyl groups is 1. The number of imidazole rings is 1. The summed E-state index contributed by atoms with van der Waals surface area (Å²) in [4.78, 5) is 22.1. The fraction of sp³-hybridized carbons (Fsp3) is 0.316. The van der Waals surface area contributed by atoms with Crippen molar-refractivity contribution < 1.29 is 9.63 Å². The van der Waals surface area contributed by atoms with Crippen molar-refractivity contribution in [2.45, 2.75) is 32.7 Å². The molecular weight excluding hydrogens is 396 g/mol. The summed E-state index contributed by atoms with van der Waals surface area (Å²) in [5, 5.41) is 23.1. The third-order valence-corrected chi connectivity index (χ3v) is 5.09. The van der Waals surface area contributed by atoms with E-state index in [9.17, 15) is 15.2 Å². The van der Waals surface area contributed by atoms with Crippen molar-refractivity contribution in [3.63, 3.8) is 0 Å². The van der Waals surface area contributed by atoms with Gasteiger partial charge in [0.2, 0.25) is 11.7 Å². The Labute approximate surface area is 169 Å². The molecule has 0 amide bonds. The van der Waals surface area contributed by atoms with Crippen molar-refractivity contribution in [1.82, 2.24) is 24.1 Å². The van der Waals surface area contributed by atoms with Crippen LogP contribution in [0.2, 0.25) is 5.02 Å². The van der Waals surface area contributed by atoms with E-state index in [1.807, 2.05) is 13.8 Å². The van der Waals surface area contributed by atoms with Crippen molar-refractivity contribution in [2.75, 3.05) is 6.61 Å². The lowest BCUT2D eigenvalue weighted by atomic mass is 10.1. The van der Waals surface area contributed by atoms with Crippen molar-refractivity contribution in [3.8, 4) is 17.6 Å². The first-order chi connectivity index (χ1) is 13.9. The van der Waals surface area contributed by atoms with E-state index in [0.29, 0.717) is 11.0 Å². The van der Waals surface area contributed by atoms with Gasteiger partial charge in [-0.05, 0) is 26.0 Å². The van der Waals surface area contributed by atoms with Crippen molar-refractivity contribution in [3.05, 3.63) is 45.3 Å². The molecule has 0 saturated heterocycles. The molecule has 1 aromatic carbocycles. The van der Waals surface area contributed by atoms with Gasteiger partial charge in [-0.1, -0.05) is 23.7 Å². The fourth-order valence-electron chi connectivity index (χ4n) is 3.32. The maximum Gasteiger partial charge on any atom is 0.278 e. The van der Waals surface area contributed by atoms with Crippen LogP contribution in [0.5, 0.6) is 0 Å². The van der Waals surface area contributed by atoms with Gasteiger partial charge in [0.1, 0.15) is 23.6 Å². The third-order valence-electron chi connectivity index (χ3n) is 4.77. The standard InChI is InChI=1S/C19H17ClN6O3/c1-9(2)26-15-11(6-21)12(20)4-5-13(15)25-8-22-14(16(25)19(26)28)17-23-18(29-24-17)10(3)7-27/h4-5,8-10,27H,7H2,1-3H3. The number of benzene rings is 1. The average Bonchev–Trinajstić information content (AvgIpc) is 3.34. The molecular formula is C19H17ClN6O3. The topological polar surface area (TPSA) is 122 Å². The van der Waals surface area contributed by atoms with E-state index in [1.165, 1.54) is 10.9 Å². The van der Waals surface area contributed by atoms with Gasteiger partial charge in [-0.25, -0.2) is 4.98 Å². The number of hydrogen-bond donors (Lipinski definition) is 1. The summed E-state index contributed by atoms with van der Waals surface area (Å²) < 4.78 is 8.34. The summed E-state index contributed by atoms with van der Waals surface area (Å²) in [5.41, 5.74) is 1.46. The summed E-state index contributed by atoms with van der Waals surface area (Å²) in [6.45, 7) is 5.30. The number of halogens is 1. The summed E-state index contributed by atoms with van der Waals surface area (Å²) in [7, 11) is 0. The minimum Gasteiger partial charge on any atom is -0.396 e. The number of nitrogens with zero attached hydrogens (tertiary/aromatic N) is 6. The molecule has 10 heteroatoms. The number of hydrogen-bond acceptors (Lipinski definition) is 7. The molecule has 3 heterocycles. The smallest absolute Gasteiger partial charge is 0.278 e. The Hall–Kier alpha value is -3.22. The SMILES string of the molecule is CC(CO)c1nc(-c2ncn3c2c(=O)n(C(C)C)c2c(C#N)c(Cl)ccc23)no1. The zero-order valence-corrected chi connectivity index (χ0v) is 16.7. The van der Waals surface area contributed by atoms with Crippen LogP contribution in [-0.2, 0) is 0 Å². The van der Waals surface area contributed by atoms with Gasteiger partial charge < -0.3 is 14.2 Å². The van der Waals surface area contributed by atoms with Crippen LogP contribution in [0.3, 0.4) is 0 Å². The molecule has 0 aliphatic rings. The van der Waals surface area contributed by atoms with E-state index in [0.717, 1.165) is 0 Å². The predicted molar refractivity (Wildman–Crippen MR) is 106 cm³/mol. The normalized spacial score (nSPS) is 12.7. The molecule has 29 heavy (non-hydrogen) atoms. The van der Waals surface area contributed by atoms with E-state index in [1.54, 1.807) is 23.5 Å². The second kappa shape index (κ2) is 6.99. The Morgan fingerprint density at radius 2 is 2.07 bits per heavy atom. The highest BCUT2D eigenvalue weighted by Gasteiger charge is 2.24. The monoisotopic (exact) mass is 412 g/mol. The summed E-state index contributed by atoms with van der Waals surface area (Å²) in [6, 6.07) is 5.22. The van der Waals surface area contributed by atoms with Crippen molar-refractivity contribution >= 4 is 28.2 Å². The molecule has 4 rings (SSSR count). The van der Waals surface area contributed by atoms with Crippen LogP contribution >= 0.6 is 11.6 Å². The third kappa shape index (κ3) is 2.80. The van der Waals surface area contributed by atoms with E-state index in [2.05, 4.69) is 21.2 Å². The molecule has 0 bridgehead atoms. The van der Waals surface area contributed by atoms with Gasteiger partial charge in [-0.3, -0.25) is 9.20 Å². The quantitative estimate of drug-likeness (QED) is 0.546. The number of nitriles is 1. The molecule has 4 aromatic rings. The fourth-order valence-corrected chi connectivity index (χ4v) is 3.51. The zero-order chi connectivity index (χ0) is 20.9. The molecule has 9 nitrogen and oxygen atoms in total. The Balaban J connectivity index is 2.11. The number of fused-ring (bicyclic) bond motifs is 3. The lowest BCUT2D eigenvalue weighted by Crippen LogP contribution is -2.25. The van der Waals surface area contributed by atoms with Gasteiger partial charge in [-0.2, -0.15) is 10.2 Å². The number of rotatable bonds is 4. The van der Waals surface area contributed by atoms with E-state index in [-0.39, 0.29) is 57.6 Å². The number of aromatic nitrogens is 5. The largest absolute Gasteiger partial charge is 0.396 e. The van der Waals surface area contributed by atoms with Gasteiger partial charge in [0.15, 0.2) is 0 Å². The van der Waals surface area contributed by atoms with Crippen LogP contribution in [0.1, 0.15) is 44.2 Å². The number of aliphatic hydroxyl groups excluding tert-OH is 1. The molecule has 0 aliphatic heterocycles. The van der Waals surface area contributed by atoms with Crippen LogP contribution in [0, 0.1) is 11.3 Å². The lowest BCUT2D eigenvalue weighted by molar-refractivity contribution is 0.242. The van der Waals surface area contributed by atoms with Crippen LogP contribution < -0.4 is 5.56 Å². The van der Waals surface area contributed by atoms with Crippen LogP contribution in [-0.4, -0.2) is 35.8 Å².